The summed E-state index contributed by atoms with van der Waals surface area (Å²) in [5.41, 5.74) is 0. The summed E-state index contributed by atoms with van der Waals surface area (Å²) in [7, 11) is -1.75. The SMILES string of the molecule is C=CCOc1ccc(O[Si](C)(C)C(C)(C)C)cc1. The lowest BCUT2D eigenvalue weighted by Gasteiger charge is -2.36. The average Bonchev–Trinajstić information content (AvgIpc) is 2.26. The fourth-order valence-electron chi connectivity index (χ4n) is 1.21. The van der Waals surface area contributed by atoms with Crippen LogP contribution in [-0.4, -0.2) is 14.9 Å². The zero-order valence-corrected chi connectivity index (χ0v) is 13.1. The molecule has 100 valence electrons. The molecule has 0 aliphatic heterocycles. The first-order valence-corrected chi connectivity index (χ1v) is 9.20. The number of hydrogen-bond acceptors (Lipinski definition) is 2. The van der Waals surface area contributed by atoms with Gasteiger partial charge in [-0.25, -0.2) is 0 Å². The molecule has 1 aromatic rings. The van der Waals surface area contributed by atoms with Crippen LogP contribution >= 0.6 is 0 Å². The summed E-state index contributed by atoms with van der Waals surface area (Å²) in [4.78, 5) is 0. The lowest BCUT2D eigenvalue weighted by Crippen LogP contribution is -2.43. The molecule has 1 aromatic carbocycles. The molecule has 0 bridgehead atoms. The van der Waals surface area contributed by atoms with Crippen LogP contribution in [0.5, 0.6) is 11.5 Å². The van der Waals surface area contributed by atoms with Crippen LogP contribution in [0.1, 0.15) is 20.8 Å². The molecule has 0 unspecified atom stereocenters. The minimum Gasteiger partial charge on any atom is -0.543 e. The zero-order chi connectivity index (χ0) is 13.8. The van der Waals surface area contributed by atoms with Gasteiger partial charge in [0.1, 0.15) is 18.1 Å². The van der Waals surface area contributed by atoms with E-state index in [9.17, 15) is 0 Å². The van der Waals surface area contributed by atoms with E-state index in [0.29, 0.717) is 6.61 Å². The minimum atomic E-state index is -1.75. The Kier molecular flexibility index (Phi) is 4.63. The molecule has 0 fully saturated rings. The van der Waals surface area contributed by atoms with Crippen LogP contribution in [0.4, 0.5) is 0 Å². The number of rotatable bonds is 5. The first-order chi connectivity index (χ1) is 8.26. The smallest absolute Gasteiger partial charge is 0.250 e. The fourth-order valence-corrected chi connectivity index (χ4v) is 2.24. The lowest BCUT2D eigenvalue weighted by atomic mass is 10.2. The van der Waals surface area contributed by atoms with E-state index >= 15 is 0 Å². The predicted molar refractivity (Wildman–Crippen MR) is 80.0 cm³/mol. The molecule has 0 radical (unpaired) electrons. The van der Waals surface area contributed by atoms with Crippen molar-refractivity contribution in [2.75, 3.05) is 6.61 Å². The molecule has 0 amide bonds. The summed E-state index contributed by atoms with van der Waals surface area (Å²) < 4.78 is 11.6. The molecule has 2 nitrogen and oxygen atoms in total. The topological polar surface area (TPSA) is 18.5 Å². The van der Waals surface area contributed by atoms with Gasteiger partial charge in [-0.05, 0) is 42.4 Å². The molecule has 1 rings (SSSR count). The Bertz CT molecular complexity index is 388. The van der Waals surface area contributed by atoms with Crippen molar-refractivity contribution in [1.82, 2.24) is 0 Å². The zero-order valence-electron chi connectivity index (χ0n) is 12.1. The van der Waals surface area contributed by atoms with Crippen molar-refractivity contribution in [3.63, 3.8) is 0 Å². The Morgan fingerprint density at radius 2 is 1.61 bits per heavy atom. The van der Waals surface area contributed by atoms with Gasteiger partial charge in [0, 0.05) is 0 Å². The van der Waals surface area contributed by atoms with Crippen LogP contribution in [0.25, 0.3) is 0 Å². The van der Waals surface area contributed by atoms with E-state index in [-0.39, 0.29) is 5.04 Å². The molecule has 0 saturated carbocycles. The third kappa shape index (κ3) is 3.91. The number of ether oxygens (including phenoxy) is 1. The van der Waals surface area contributed by atoms with Crippen LogP contribution in [0, 0.1) is 0 Å². The molecule has 0 aliphatic rings. The number of hydrogen-bond donors (Lipinski definition) is 0. The number of benzene rings is 1. The van der Waals surface area contributed by atoms with E-state index in [1.54, 1.807) is 6.08 Å². The summed E-state index contributed by atoms with van der Waals surface area (Å²) in [6.45, 7) is 15.4. The third-order valence-corrected chi connectivity index (χ3v) is 7.73. The first kappa shape index (κ1) is 14.8. The van der Waals surface area contributed by atoms with Crippen LogP contribution in [0.2, 0.25) is 18.1 Å². The predicted octanol–water partition coefficient (Wildman–Crippen LogP) is 4.64. The maximum atomic E-state index is 6.19. The Morgan fingerprint density at radius 3 is 2.06 bits per heavy atom. The Balaban J connectivity index is 2.72. The average molecular weight is 264 g/mol. The van der Waals surface area contributed by atoms with Crippen LogP contribution in [0.15, 0.2) is 36.9 Å². The van der Waals surface area contributed by atoms with Crippen molar-refractivity contribution in [2.45, 2.75) is 38.9 Å². The van der Waals surface area contributed by atoms with Gasteiger partial charge in [-0.2, -0.15) is 0 Å². The summed E-state index contributed by atoms with van der Waals surface area (Å²) >= 11 is 0. The van der Waals surface area contributed by atoms with Crippen LogP contribution < -0.4 is 9.16 Å². The quantitative estimate of drug-likeness (QED) is 0.570. The molecule has 18 heavy (non-hydrogen) atoms. The highest BCUT2D eigenvalue weighted by molar-refractivity contribution is 6.74. The van der Waals surface area contributed by atoms with E-state index in [1.165, 1.54) is 0 Å². The monoisotopic (exact) mass is 264 g/mol. The Labute approximate surface area is 112 Å². The molecule has 0 saturated heterocycles. The molecule has 3 heteroatoms. The van der Waals surface area contributed by atoms with Gasteiger partial charge in [0.25, 0.3) is 0 Å². The summed E-state index contributed by atoms with van der Waals surface area (Å²) in [6.07, 6.45) is 1.74. The van der Waals surface area contributed by atoms with Crippen molar-refractivity contribution in [3.05, 3.63) is 36.9 Å². The van der Waals surface area contributed by atoms with Gasteiger partial charge in [0.2, 0.25) is 8.32 Å². The van der Waals surface area contributed by atoms with Gasteiger partial charge in [-0.1, -0.05) is 33.4 Å². The fraction of sp³-hybridized carbons (Fsp3) is 0.467. The normalized spacial score (nSPS) is 12.1. The van der Waals surface area contributed by atoms with Gasteiger partial charge in [0.05, 0.1) is 0 Å². The van der Waals surface area contributed by atoms with Crippen molar-refractivity contribution in [2.24, 2.45) is 0 Å². The van der Waals surface area contributed by atoms with Gasteiger partial charge in [0.15, 0.2) is 0 Å². The van der Waals surface area contributed by atoms with Crippen molar-refractivity contribution in [1.29, 1.82) is 0 Å². The Hall–Kier alpha value is -1.22. The Morgan fingerprint density at radius 1 is 1.11 bits per heavy atom. The van der Waals surface area contributed by atoms with E-state index in [2.05, 4.69) is 40.4 Å². The van der Waals surface area contributed by atoms with Crippen molar-refractivity contribution in [3.8, 4) is 11.5 Å². The van der Waals surface area contributed by atoms with Crippen LogP contribution in [0.3, 0.4) is 0 Å². The van der Waals surface area contributed by atoms with E-state index < -0.39 is 8.32 Å². The highest BCUT2D eigenvalue weighted by Gasteiger charge is 2.38. The van der Waals surface area contributed by atoms with E-state index in [1.807, 2.05) is 24.3 Å². The van der Waals surface area contributed by atoms with Crippen molar-refractivity contribution >= 4 is 8.32 Å². The maximum absolute atomic E-state index is 6.19. The summed E-state index contributed by atoms with van der Waals surface area (Å²) in [6, 6.07) is 7.82. The van der Waals surface area contributed by atoms with Gasteiger partial charge < -0.3 is 9.16 Å². The molecule has 0 N–H and O–H groups in total. The van der Waals surface area contributed by atoms with E-state index in [4.69, 9.17) is 9.16 Å². The van der Waals surface area contributed by atoms with E-state index in [0.717, 1.165) is 11.5 Å². The highest BCUT2D eigenvalue weighted by Crippen LogP contribution is 2.37. The molecule has 0 aromatic heterocycles. The second-order valence-electron chi connectivity index (χ2n) is 5.93. The molecular weight excluding hydrogens is 240 g/mol. The second-order valence-corrected chi connectivity index (χ2v) is 10.7. The molecule has 0 heterocycles. The minimum absolute atomic E-state index is 0.213. The first-order valence-electron chi connectivity index (χ1n) is 6.29. The lowest BCUT2D eigenvalue weighted by molar-refractivity contribution is 0.362. The molecular formula is C15H24O2Si. The van der Waals surface area contributed by atoms with Crippen molar-refractivity contribution < 1.29 is 9.16 Å². The molecule has 0 spiro atoms. The maximum Gasteiger partial charge on any atom is 0.250 e. The molecule has 0 atom stereocenters. The second kappa shape index (κ2) is 5.61. The highest BCUT2D eigenvalue weighted by atomic mass is 28.4. The molecule has 0 aliphatic carbocycles. The van der Waals surface area contributed by atoms with Crippen LogP contribution in [-0.2, 0) is 0 Å². The van der Waals surface area contributed by atoms with Gasteiger partial charge >= 0.3 is 0 Å². The largest absolute Gasteiger partial charge is 0.543 e. The summed E-state index contributed by atoms with van der Waals surface area (Å²) in [5.74, 6) is 1.77. The third-order valence-electron chi connectivity index (χ3n) is 3.37. The van der Waals surface area contributed by atoms with Gasteiger partial charge in [-0.15, -0.1) is 0 Å². The summed E-state index contributed by atoms with van der Waals surface area (Å²) in [5, 5.41) is 0.213. The van der Waals surface area contributed by atoms with Gasteiger partial charge in [-0.3, -0.25) is 0 Å². The standard InChI is InChI=1S/C15H24O2Si/c1-7-12-16-13-8-10-14(11-9-13)17-18(5,6)15(2,3)4/h7-11H,1,12H2,2-6H3.